The molecule has 0 unspecified atom stereocenters. The van der Waals surface area contributed by atoms with Crippen molar-refractivity contribution in [1.29, 1.82) is 0 Å². The summed E-state index contributed by atoms with van der Waals surface area (Å²) in [5.41, 5.74) is 2.03. The molecule has 104 valence electrons. The third kappa shape index (κ3) is 3.74. The second-order valence-electron chi connectivity index (χ2n) is 4.26. The van der Waals surface area contributed by atoms with Crippen molar-refractivity contribution in [3.63, 3.8) is 0 Å². The summed E-state index contributed by atoms with van der Waals surface area (Å²) in [4.78, 5) is 12.7. The van der Waals surface area contributed by atoms with E-state index in [2.05, 4.69) is 15.4 Å². The van der Waals surface area contributed by atoms with Crippen LogP contribution in [-0.2, 0) is 16.1 Å². The number of hydrogen-bond acceptors (Lipinski definition) is 5. The predicted molar refractivity (Wildman–Crippen MR) is 73.8 cm³/mol. The van der Waals surface area contributed by atoms with Crippen molar-refractivity contribution in [2.75, 3.05) is 6.61 Å². The van der Waals surface area contributed by atoms with E-state index >= 15 is 0 Å². The number of tetrazole rings is 1. The number of aromatic nitrogens is 4. The third-order valence-corrected chi connectivity index (χ3v) is 2.61. The van der Waals surface area contributed by atoms with E-state index in [1.54, 1.807) is 6.08 Å². The van der Waals surface area contributed by atoms with Gasteiger partial charge in [-0.3, -0.25) is 0 Å². The molecule has 0 N–H and O–H groups in total. The number of aryl methyl sites for hydroxylation is 1. The maximum Gasteiger partial charge on any atom is 0.330 e. The standard InChI is InChI=1S/C14H16N4O2/c1-3-4-9-20-13(19)10-18-16-14(15-17-18)12-7-5-11(2)6-8-12/h3-8H,9-10H2,1-2H3/b4-3+. The highest BCUT2D eigenvalue weighted by molar-refractivity contribution is 5.69. The average Bonchev–Trinajstić information content (AvgIpc) is 2.88. The Balaban J connectivity index is 1.98. The van der Waals surface area contributed by atoms with Crippen LogP contribution in [0.15, 0.2) is 36.4 Å². The van der Waals surface area contributed by atoms with Gasteiger partial charge in [-0.15, -0.1) is 10.2 Å². The Morgan fingerprint density at radius 3 is 2.80 bits per heavy atom. The second-order valence-corrected chi connectivity index (χ2v) is 4.26. The molecule has 2 rings (SSSR count). The zero-order valence-corrected chi connectivity index (χ0v) is 11.5. The lowest BCUT2D eigenvalue weighted by Gasteiger charge is -1.99. The summed E-state index contributed by atoms with van der Waals surface area (Å²) in [5.74, 6) is 0.0993. The van der Waals surface area contributed by atoms with E-state index in [4.69, 9.17) is 4.74 Å². The van der Waals surface area contributed by atoms with E-state index in [0.29, 0.717) is 5.82 Å². The molecule has 0 aliphatic heterocycles. The molecule has 0 amide bonds. The second kappa shape index (κ2) is 6.60. The van der Waals surface area contributed by atoms with Gasteiger partial charge in [0.15, 0.2) is 6.54 Å². The van der Waals surface area contributed by atoms with Crippen molar-refractivity contribution in [3.05, 3.63) is 42.0 Å². The summed E-state index contributed by atoms with van der Waals surface area (Å²) in [5, 5.41) is 11.9. The Labute approximate surface area is 117 Å². The topological polar surface area (TPSA) is 69.9 Å². The number of carbonyl (C=O) groups is 1. The molecule has 0 fully saturated rings. The van der Waals surface area contributed by atoms with Crippen molar-refractivity contribution < 1.29 is 9.53 Å². The van der Waals surface area contributed by atoms with Crippen LogP contribution in [0.3, 0.4) is 0 Å². The highest BCUT2D eigenvalue weighted by Gasteiger charge is 2.09. The minimum atomic E-state index is -0.393. The lowest BCUT2D eigenvalue weighted by atomic mass is 10.1. The summed E-state index contributed by atoms with van der Waals surface area (Å²) in [6, 6.07) is 7.78. The maximum atomic E-state index is 11.5. The molecule has 0 atom stereocenters. The highest BCUT2D eigenvalue weighted by atomic mass is 16.5. The van der Waals surface area contributed by atoms with Crippen LogP contribution in [0.4, 0.5) is 0 Å². The summed E-state index contributed by atoms with van der Waals surface area (Å²) in [6.45, 7) is 4.08. The lowest BCUT2D eigenvalue weighted by Crippen LogP contribution is -2.15. The lowest BCUT2D eigenvalue weighted by molar-refractivity contribution is -0.143. The fraction of sp³-hybridized carbons (Fsp3) is 0.286. The van der Waals surface area contributed by atoms with Crippen molar-refractivity contribution in [1.82, 2.24) is 20.2 Å². The van der Waals surface area contributed by atoms with Gasteiger partial charge in [-0.25, -0.2) is 4.79 Å². The van der Waals surface area contributed by atoms with Gasteiger partial charge in [-0.1, -0.05) is 42.0 Å². The number of esters is 1. The molecule has 0 aliphatic rings. The normalized spacial score (nSPS) is 10.9. The first-order chi connectivity index (χ1) is 9.69. The summed E-state index contributed by atoms with van der Waals surface area (Å²) < 4.78 is 4.96. The molecule has 0 saturated carbocycles. The molecule has 20 heavy (non-hydrogen) atoms. The molecule has 0 saturated heterocycles. The minimum Gasteiger partial charge on any atom is -0.460 e. The van der Waals surface area contributed by atoms with E-state index < -0.39 is 5.97 Å². The van der Waals surface area contributed by atoms with Gasteiger partial charge in [0.25, 0.3) is 0 Å². The smallest absolute Gasteiger partial charge is 0.330 e. The molecule has 0 spiro atoms. The van der Waals surface area contributed by atoms with E-state index in [0.717, 1.165) is 11.1 Å². The van der Waals surface area contributed by atoms with Gasteiger partial charge in [0.05, 0.1) is 0 Å². The highest BCUT2D eigenvalue weighted by Crippen LogP contribution is 2.13. The number of hydrogen-bond donors (Lipinski definition) is 0. The monoisotopic (exact) mass is 272 g/mol. The summed E-state index contributed by atoms with van der Waals surface area (Å²) in [6.07, 6.45) is 3.57. The van der Waals surface area contributed by atoms with Crippen molar-refractivity contribution >= 4 is 5.97 Å². The minimum absolute atomic E-state index is 0.0452. The SMILES string of the molecule is C/C=C/COC(=O)Cn1nnc(-c2ccc(C)cc2)n1. The average molecular weight is 272 g/mol. The Bertz CT molecular complexity index is 602. The number of allylic oxidation sites excluding steroid dienone is 1. The number of carbonyl (C=O) groups excluding carboxylic acids is 1. The van der Waals surface area contributed by atoms with Crippen molar-refractivity contribution in [2.45, 2.75) is 20.4 Å². The van der Waals surface area contributed by atoms with Gasteiger partial charge in [-0.05, 0) is 19.1 Å². The molecule has 0 bridgehead atoms. The zero-order valence-electron chi connectivity index (χ0n) is 11.5. The molecular weight excluding hydrogens is 256 g/mol. The van der Waals surface area contributed by atoms with Crippen molar-refractivity contribution in [3.8, 4) is 11.4 Å². The molecule has 6 nitrogen and oxygen atoms in total. The Morgan fingerprint density at radius 1 is 1.35 bits per heavy atom. The number of ether oxygens (including phenoxy) is 1. The van der Waals surface area contributed by atoms with Crippen LogP contribution >= 0.6 is 0 Å². The molecule has 0 aliphatic carbocycles. The summed E-state index contributed by atoms with van der Waals surface area (Å²) >= 11 is 0. The van der Waals surface area contributed by atoms with Crippen LogP contribution in [0.2, 0.25) is 0 Å². The van der Waals surface area contributed by atoms with Gasteiger partial charge >= 0.3 is 5.97 Å². The fourth-order valence-corrected chi connectivity index (χ4v) is 1.53. The van der Waals surface area contributed by atoms with Gasteiger partial charge in [0.1, 0.15) is 6.61 Å². The van der Waals surface area contributed by atoms with E-state index in [1.807, 2.05) is 44.2 Å². The van der Waals surface area contributed by atoms with Crippen LogP contribution in [0, 0.1) is 6.92 Å². The molecule has 6 heteroatoms. The van der Waals surface area contributed by atoms with Gasteiger partial charge in [0.2, 0.25) is 5.82 Å². The molecule has 0 radical (unpaired) electrons. The van der Waals surface area contributed by atoms with Crippen LogP contribution in [0.5, 0.6) is 0 Å². The van der Waals surface area contributed by atoms with Gasteiger partial charge in [-0.2, -0.15) is 4.80 Å². The molecular formula is C14H16N4O2. The van der Waals surface area contributed by atoms with Gasteiger partial charge < -0.3 is 4.74 Å². The summed E-state index contributed by atoms with van der Waals surface area (Å²) in [7, 11) is 0. The molecule has 1 aromatic carbocycles. The Hall–Kier alpha value is -2.50. The largest absolute Gasteiger partial charge is 0.460 e. The first-order valence-electron chi connectivity index (χ1n) is 6.30. The fourth-order valence-electron chi connectivity index (χ4n) is 1.53. The predicted octanol–water partition coefficient (Wildman–Crippen LogP) is 1.77. The molecule has 1 heterocycles. The maximum absolute atomic E-state index is 11.5. The number of nitrogens with zero attached hydrogens (tertiary/aromatic N) is 4. The molecule has 1 aromatic heterocycles. The van der Waals surface area contributed by atoms with Crippen LogP contribution < -0.4 is 0 Å². The quantitative estimate of drug-likeness (QED) is 0.613. The first-order valence-corrected chi connectivity index (χ1v) is 6.30. The van der Waals surface area contributed by atoms with Crippen LogP contribution in [0.25, 0.3) is 11.4 Å². The van der Waals surface area contributed by atoms with E-state index in [1.165, 1.54) is 4.80 Å². The van der Waals surface area contributed by atoms with E-state index in [-0.39, 0.29) is 13.2 Å². The zero-order chi connectivity index (χ0) is 14.4. The first kappa shape index (κ1) is 13.9. The van der Waals surface area contributed by atoms with Crippen LogP contribution in [0.1, 0.15) is 12.5 Å². The number of benzene rings is 1. The Kier molecular flexibility index (Phi) is 4.60. The van der Waals surface area contributed by atoms with Crippen LogP contribution in [-0.4, -0.2) is 32.8 Å². The molecule has 2 aromatic rings. The third-order valence-electron chi connectivity index (χ3n) is 2.61. The van der Waals surface area contributed by atoms with Crippen molar-refractivity contribution in [2.24, 2.45) is 0 Å². The van der Waals surface area contributed by atoms with E-state index in [9.17, 15) is 4.79 Å². The Morgan fingerprint density at radius 2 is 2.10 bits per heavy atom. The van der Waals surface area contributed by atoms with Gasteiger partial charge in [0, 0.05) is 5.56 Å². The number of rotatable bonds is 5.